The third kappa shape index (κ3) is 3.20. The summed E-state index contributed by atoms with van der Waals surface area (Å²) in [5.41, 5.74) is 2.03. The molecule has 0 bridgehead atoms. The number of nitrogens with one attached hydrogen (secondary N) is 2. The minimum absolute atomic E-state index is 0.0535. The standard InChI is InChI=1S/C15H20N2O3S/c1-11-2-4-12(5-3-11)15(7-8-15)17-14(18)16-13-6-9-21(19,20)10-13/h2-5,13H,6-10H2,1H3,(H2,16,17,18). The summed E-state index contributed by atoms with van der Waals surface area (Å²) in [4.78, 5) is 12.1. The first-order valence-electron chi connectivity index (χ1n) is 7.25. The largest absolute Gasteiger partial charge is 0.334 e. The maximum Gasteiger partial charge on any atom is 0.315 e. The van der Waals surface area contributed by atoms with Crippen LogP contribution in [0.25, 0.3) is 0 Å². The average Bonchev–Trinajstić information content (AvgIpc) is 3.09. The van der Waals surface area contributed by atoms with Gasteiger partial charge in [-0.05, 0) is 31.7 Å². The van der Waals surface area contributed by atoms with E-state index in [1.54, 1.807) is 0 Å². The monoisotopic (exact) mass is 308 g/mol. The fourth-order valence-electron chi connectivity index (χ4n) is 2.83. The molecule has 3 rings (SSSR count). The van der Waals surface area contributed by atoms with Crippen molar-refractivity contribution >= 4 is 15.9 Å². The zero-order valence-electron chi connectivity index (χ0n) is 12.1. The number of carbonyl (C=O) groups is 1. The highest BCUT2D eigenvalue weighted by atomic mass is 32.2. The number of amides is 2. The molecule has 1 aromatic carbocycles. The predicted molar refractivity (Wildman–Crippen MR) is 80.8 cm³/mol. The van der Waals surface area contributed by atoms with E-state index in [9.17, 15) is 13.2 Å². The van der Waals surface area contributed by atoms with Gasteiger partial charge < -0.3 is 10.6 Å². The lowest BCUT2D eigenvalue weighted by Crippen LogP contribution is -2.46. The van der Waals surface area contributed by atoms with E-state index in [-0.39, 0.29) is 29.1 Å². The first-order valence-corrected chi connectivity index (χ1v) is 9.07. The van der Waals surface area contributed by atoms with Crippen LogP contribution in [0.4, 0.5) is 4.79 Å². The minimum atomic E-state index is -2.97. The van der Waals surface area contributed by atoms with Gasteiger partial charge in [-0.15, -0.1) is 0 Å². The molecule has 1 aliphatic carbocycles. The molecule has 2 N–H and O–H groups in total. The lowest BCUT2D eigenvalue weighted by Gasteiger charge is -2.20. The van der Waals surface area contributed by atoms with Crippen molar-refractivity contribution in [3.8, 4) is 0 Å². The van der Waals surface area contributed by atoms with Gasteiger partial charge in [-0.25, -0.2) is 13.2 Å². The number of hydrogen-bond acceptors (Lipinski definition) is 3. The molecular formula is C15H20N2O3S. The van der Waals surface area contributed by atoms with Crippen molar-refractivity contribution in [2.45, 2.75) is 37.8 Å². The van der Waals surface area contributed by atoms with Crippen LogP contribution < -0.4 is 10.6 Å². The van der Waals surface area contributed by atoms with Crippen LogP contribution in [0, 0.1) is 6.92 Å². The zero-order chi connectivity index (χ0) is 15.1. The highest BCUT2D eigenvalue weighted by Gasteiger charge is 2.46. The number of aryl methyl sites for hydroxylation is 1. The Labute approximate surface area is 125 Å². The molecule has 1 aromatic rings. The van der Waals surface area contributed by atoms with Gasteiger partial charge in [0.15, 0.2) is 9.84 Å². The number of sulfone groups is 1. The molecule has 1 saturated heterocycles. The molecule has 5 nitrogen and oxygen atoms in total. The van der Waals surface area contributed by atoms with Crippen LogP contribution in [-0.2, 0) is 15.4 Å². The summed E-state index contributed by atoms with van der Waals surface area (Å²) in [5.74, 6) is 0.221. The van der Waals surface area contributed by atoms with Crippen molar-refractivity contribution in [1.82, 2.24) is 10.6 Å². The van der Waals surface area contributed by atoms with Gasteiger partial charge in [0.05, 0.1) is 17.0 Å². The van der Waals surface area contributed by atoms with Crippen molar-refractivity contribution in [2.75, 3.05) is 11.5 Å². The van der Waals surface area contributed by atoms with E-state index < -0.39 is 9.84 Å². The van der Waals surface area contributed by atoms with Crippen LogP contribution in [0.5, 0.6) is 0 Å². The maximum atomic E-state index is 12.1. The maximum absolute atomic E-state index is 12.1. The van der Waals surface area contributed by atoms with Crippen molar-refractivity contribution < 1.29 is 13.2 Å². The second-order valence-corrected chi connectivity index (χ2v) is 8.38. The SMILES string of the molecule is Cc1ccc(C2(NC(=O)NC3CCS(=O)(=O)C3)CC2)cc1. The van der Waals surface area contributed by atoms with Gasteiger partial charge in [-0.2, -0.15) is 0 Å². The second kappa shape index (κ2) is 5.02. The Bertz CT molecular complexity index is 648. The van der Waals surface area contributed by atoms with Crippen LogP contribution in [0.2, 0.25) is 0 Å². The molecule has 0 aromatic heterocycles. The first kappa shape index (κ1) is 14.4. The van der Waals surface area contributed by atoms with E-state index in [1.807, 2.05) is 31.2 Å². The number of carbonyl (C=O) groups excluding carboxylic acids is 1. The molecule has 1 heterocycles. The Morgan fingerprint density at radius 2 is 1.90 bits per heavy atom. The normalized spacial score (nSPS) is 25.3. The van der Waals surface area contributed by atoms with E-state index in [1.165, 1.54) is 5.56 Å². The van der Waals surface area contributed by atoms with Crippen molar-refractivity contribution in [1.29, 1.82) is 0 Å². The molecule has 2 fully saturated rings. The van der Waals surface area contributed by atoms with Gasteiger partial charge in [0.1, 0.15) is 0 Å². The summed E-state index contributed by atoms with van der Waals surface area (Å²) in [5, 5.41) is 5.80. The quantitative estimate of drug-likeness (QED) is 0.888. The Balaban J connectivity index is 1.61. The Morgan fingerprint density at radius 1 is 1.24 bits per heavy atom. The van der Waals surface area contributed by atoms with Gasteiger partial charge in [-0.1, -0.05) is 29.8 Å². The molecule has 21 heavy (non-hydrogen) atoms. The van der Waals surface area contributed by atoms with Crippen molar-refractivity contribution in [3.63, 3.8) is 0 Å². The smallest absolute Gasteiger partial charge is 0.315 e. The van der Waals surface area contributed by atoms with E-state index in [4.69, 9.17) is 0 Å². The molecule has 2 aliphatic rings. The van der Waals surface area contributed by atoms with E-state index in [0.29, 0.717) is 6.42 Å². The lowest BCUT2D eigenvalue weighted by atomic mass is 10.0. The summed E-state index contributed by atoms with van der Waals surface area (Å²) in [6.07, 6.45) is 2.35. The Kier molecular flexibility index (Phi) is 3.43. The van der Waals surface area contributed by atoms with E-state index in [2.05, 4.69) is 10.6 Å². The van der Waals surface area contributed by atoms with Gasteiger partial charge in [-0.3, -0.25) is 0 Å². The minimum Gasteiger partial charge on any atom is -0.334 e. The summed E-state index contributed by atoms with van der Waals surface area (Å²) >= 11 is 0. The molecular weight excluding hydrogens is 288 g/mol. The molecule has 1 unspecified atom stereocenters. The number of hydrogen-bond donors (Lipinski definition) is 2. The van der Waals surface area contributed by atoms with Gasteiger partial charge >= 0.3 is 6.03 Å². The highest BCUT2D eigenvalue weighted by molar-refractivity contribution is 7.91. The first-order chi connectivity index (χ1) is 9.89. The van der Waals surface area contributed by atoms with Gasteiger partial charge in [0, 0.05) is 6.04 Å². The molecule has 1 aliphatic heterocycles. The summed E-state index contributed by atoms with van der Waals surface area (Å²) in [7, 11) is -2.97. The van der Waals surface area contributed by atoms with E-state index in [0.717, 1.165) is 18.4 Å². The van der Waals surface area contributed by atoms with E-state index >= 15 is 0 Å². The number of rotatable bonds is 3. The molecule has 1 saturated carbocycles. The Hall–Kier alpha value is -1.56. The molecule has 1 atom stereocenters. The number of benzene rings is 1. The van der Waals surface area contributed by atoms with Crippen LogP contribution in [0.1, 0.15) is 30.4 Å². The molecule has 6 heteroatoms. The average molecular weight is 308 g/mol. The highest BCUT2D eigenvalue weighted by Crippen LogP contribution is 2.45. The fraction of sp³-hybridized carbons (Fsp3) is 0.533. The lowest BCUT2D eigenvalue weighted by molar-refractivity contribution is 0.233. The fourth-order valence-corrected chi connectivity index (χ4v) is 4.50. The molecule has 2 amide bonds. The summed E-state index contributed by atoms with van der Waals surface area (Å²) < 4.78 is 22.8. The van der Waals surface area contributed by atoms with Gasteiger partial charge in [0.25, 0.3) is 0 Å². The topological polar surface area (TPSA) is 75.3 Å². The zero-order valence-corrected chi connectivity index (χ0v) is 12.9. The third-order valence-corrected chi connectivity index (χ3v) is 6.04. The van der Waals surface area contributed by atoms with Crippen LogP contribution in [0.3, 0.4) is 0 Å². The number of urea groups is 1. The van der Waals surface area contributed by atoms with Crippen molar-refractivity contribution in [3.05, 3.63) is 35.4 Å². The molecule has 0 spiro atoms. The van der Waals surface area contributed by atoms with Crippen LogP contribution >= 0.6 is 0 Å². The molecule has 0 radical (unpaired) electrons. The Morgan fingerprint density at radius 3 is 2.43 bits per heavy atom. The van der Waals surface area contributed by atoms with Crippen LogP contribution in [-0.4, -0.2) is 32.0 Å². The summed E-state index contributed by atoms with van der Waals surface area (Å²) in [6, 6.07) is 7.64. The third-order valence-electron chi connectivity index (χ3n) is 4.27. The van der Waals surface area contributed by atoms with Crippen LogP contribution in [0.15, 0.2) is 24.3 Å². The van der Waals surface area contributed by atoms with Crippen molar-refractivity contribution in [2.24, 2.45) is 0 Å². The summed E-state index contributed by atoms with van der Waals surface area (Å²) in [6.45, 7) is 2.03. The van der Waals surface area contributed by atoms with Gasteiger partial charge in [0.2, 0.25) is 0 Å². The predicted octanol–water partition coefficient (Wildman–Crippen LogP) is 1.47. The molecule has 114 valence electrons. The second-order valence-electron chi connectivity index (χ2n) is 6.15.